The molecule has 154 valence electrons. The number of nitrogen functional groups attached to an aromatic ring is 1. The number of rotatable bonds is 4. The minimum atomic E-state index is -0.644. The van der Waals surface area contributed by atoms with Crippen LogP contribution in [-0.4, -0.2) is 34.7 Å². The molecular formula is C21H21N5O4. The Balaban J connectivity index is 1.38. The fraction of sp³-hybridized carbons (Fsp3) is 0.238. The Kier molecular flexibility index (Phi) is 5.09. The van der Waals surface area contributed by atoms with Gasteiger partial charge >= 0.3 is 6.03 Å². The number of urea groups is 1. The predicted octanol–water partition coefficient (Wildman–Crippen LogP) is 1.35. The molecule has 1 unspecified atom stereocenters. The van der Waals surface area contributed by atoms with E-state index in [1.165, 1.54) is 4.90 Å². The highest BCUT2D eigenvalue weighted by atomic mass is 16.2. The number of fused-ring (bicyclic) bond motifs is 1. The molecule has 4 rings (SSSR count). The van der Waals surface area contributed by atoms with Crippen LogP contribution < -0.4 is 21.7 Å². The van der Waals surface area contributed by atoms with Gasteiger partial charge in [-0.05, 0) is 47.9 Å². The van der Waals surface area contributed by atoms with Crippen LogP contribution in [0.1, 0.15) is 34.3 Å². The van der Waals surface area contributed by atoms with Gasteiger partial charge in [0, 0.05) is 36.4 Å². The smallest absolute Gasteiger partial charge is 0.319 e. The molecular weight excluding hydrogens is 386 g/mol. The van der Waals surface area contributed by atoms with Crippen LogP contribution in [0.2, 0.25) is 0 Å². The first kappa shape index (κ1) is 19.4. The van der Waals surface area contributed by atoms with Crippen LogP contribution in [0.4, 0.5) is 16.2 Å². The molecule has 0 saturated carbocycles. The van der Waals surface area contributed by atoms with Crippen LogP contribution >= 0.6 is 0 Å². The third-order valence-corrected chi connectivity index (χ3v) is 5.21. The molecule has 2 aromatic rings. The van der Waals surface area contributed by atoms with E-state index >= 15 is 0 Å². The standard InChI is InChI=1S/C21H21N5O4/c22-14-3-5-15(6-4-14)24-21(30)23-10-12-1-2-13-11-26(20(29)16(13)9-12)17-7-8-18(27)25-19(17)28/h1-6,9,17H,7-8,10-11,22H2,(H2,23,24,30)(H,25,27,28). The van der Waals surface area contributed by atoms with Gasteiger partial charge < -0.3 is 21.3 Å². The van der Waals surface area contributed by atoms with Crippen molar-refractivity contribution in [3.63, 3.8) is 0 Å². The van der Waals surface area contributed by atoms with Crippen LogP contribution in [0, 0.1) is 0 Å². The van der Waals surface area contributed by atoms with Gasteiger partial charge in [-0.1, -0.05) is 12.1 Å². The summed E-state index contributed by atoms with van der Waals surface area (Å²) in [6, 6.07) is 11.2. The molecule has 0 aromatic heterocycles. The highest BCUT2D eigenvalue weighted by molar-refractivity contribution is 6.05. The second kappa shape index (κ2) is 7.86. The normalized spacial score (nSPS) is 18.1. The lowest BCUT2D eigenvalue weighted by Gasteiger charge is -2.29. The molecule has 9 nitrogen and oxygen atoms in total. The first-order valence-electron chi connectivity index (χ1n) is 9.57. The zero-order valence-electron chi connectivity index (χ0n) is 16.1. The zero-order chi connectivity index (χ0) is 21.3. The van der Waals surface area contributed by atoms with Crippen LogP contribution in [-0.2, 0) is 22.7 Å². The Morgan fingerprint density at radius 1 is 1.13 bits per heavy atom. The lowest BCUT2D eigenvalue weighted by Crippen LogP contribution is -2.52. The number of hydrogen-bond donors (Lipinski definition) is 4. The largest absolute Gasteiger partial charge is 0.399 e. The van der Waals surface area contributed by atoms with E-state index < -0.39 is 11.9 Å². The maximum atomic E-state index is 12.8. The molecule has 0 radical (unpaired) electrons. The second-order valence-corrected chi connectivity index (χ2v) is 7.32. The molecule has 2 heterocycles. The molecule has 1 fully saturated rings. The Morgan fingerprint density at radius 2 is 1.90 bits per heavy atom. The van der Waals surface area contributed by atoms with E-state index in [1.54, 1.807) is 30.3 Å². The fourth-order valence-electron chi connectivity index (χ4n) is 3.64. The van der Waals surface area contributed by atoms with Crippen molar-refractivity contribution in [3.05, 3.63) is 59.2 Å². The first-order chi connectivity index (χ1) is 14.4. The number of imide groups is 1. The van der Waals surface area contributed by atoms with Gasteiger partial charge in [0.15, 0.2) is 0 Å². The zero-order valence-corrected chi connectivity index (χ0v) is 16.1. The quantitative estimate of drug-likeness (QED) is 0.448. The van der Waals surface area contributed by atoms with E-state index in [1.807, 2.05) is 12.1 Å². The molecule has 5 N–H and O–H groups in total. The summed E-state index contributed by atoms with van der Waals surface area (Å²) in [7, 11) is 0. The third kappa shape index (κ3) is 3.95. The second-order valence-electron chi connectivity index (χ2n) is 7.32. The SMILES string of the molecule is Nc1ccc(NC(=O)NCc2ccc3c(c2)C(=O)N(C2CCC(=O)NC2=O)C3)cc1. The lowest BCUT2D eigenvalue weighted by atomic mass is 10.0. The molecule has 30 heavy (non-hydrogen) atoms. The van der Waals surface area contributed by atoms with E-state index in [0.717, 1.165) is 11.1 Å². The average Bonchev–Trinajstić information content (AvgIpc) is 3.04. The number of nitrogens with zero attached hydrogens (tertiary/aromatic N) is 1. The molecule has 2 aromatic carbocycles. The Morgan fingerprint density at radius 3 is 2.63 bits per heavy atom. The summed E-state index contributed by atoms with van der Waals surface area (Å²) in [6.07, 6.45) is 0.541. The Bertz CT molecular complexity index is 1030. The van der Waals surface area contributed by atoms with Crippen molar-refractivity contribution < 1.29 is 19.2 Å². The fourth-order valence-corrected chi connectivity index (χ4v) is 3.64. The summed E-state index contributed by atoms with van der Waals surface area (Å²) in [5, 5.41) is 7.74. The van der Waals surface area contributed by atoms with Gasteiger partial charge in [0.05, 0.1) is 0 Å². The predicted molar refractivity (Wildman–Crippen MR) is 109 cm³/mol. The number of carbonyl (C=O) groups excluding carboxylic acids is 4. The van der Waals surface area contributed by atoms with Crippen LogP contribution in [0.3, 0.4) is 0 Å². The number of carbonyl (C=O) groups is 4. The van der Waals surface area contributed by atoms with Gasteiger partial charge in [-0.2, -0.15) is 0 Å². The molecule has 9 heteroatoms. The van der Waals surface area contributed by atoms with Crippen molar-refractivity contribution in [2.75, 3.05) is 11.1 Å². The van der Waals surface area contributed by atoms with E-state index in [0.29, 0.717) is 29.9 Å². The molecule has 2 aliphatic rings. The van der Waals surface area contributed by atoms with E-state index in [9.17, 15) is 19.2 Å². The highest BCUT2D eigenvalue weighted by Crippen LogP contribution is 2.28. The molecule has 2 aliphatic heterocycles. The summed E-state index contributed by atoms with van der Waals surface area (Å²) in [5.41, 5.74) is 8.94. The monoisotopic (exact) mass is 407 g/mol. The molecule has 5 amide bonds. The van der Waals surface area contributed by atoms with Gasteiger partial charge in [0.1, 0.15) is 6.04 Å². The van der Waals surface area contributed by atoms with Crippen molar-refractivity contribution in [1.29, 1.82) is 0 Å². The molecule has 1 atom stereocenters. The van der Waals surface area contributed by atoms with Crippen molar-refractivity contribution in [2.24, 2.45) is 0 Å². The van der Waals surface area contributed by atoms with Crippen molar-refractivity contribution >= 4 is 35.1 Å². The number of amides is 5. The average molecular weight is 407 g/mol. The van der Waals surface area contributed by atoms with E-state index in [2.05, 4.69) is 16.0 Å². The molecule has 1 saturated heterocycles. The van der Waals surface area contributed by atoms with E-state index in [-0.39, 0.29) is 30.8 Å². The van der Waals surface area contributed by atoms with E-state index in [4.69, 9.17) is 5.73 Å². The number of nitrogens with two attached hydrogens (primary N) is 1. The van der Waals surface area contributed by atoms with Gasteiger partial charge in [-0.25, -0.2) is 4.79 Å². The summed E-state index contributed by atoms with van der Waals surface area (Å²) in [6.45, 7) is 0.561. The Labute approximate surface area is 172 Å². The molecule has 0 bridgehead atoms. The summed E-state index contributed by atoms with van der Waals surface area (Å²) < 4.78 is 0. The molecule has 0 spiro atoms. The topological polar surface area (TPSA) is 134 Å². The summed E-state index contributed by atoms with van der Waals surface area (Å²) in [5.74, 6) is -0.993. The van der Waals surface area contributed by atoms with Crippen molar-refractivity contribution in [1.82, 2.24) is 15.5 Å². The van der Waals surface area contributed by atoms with Crippen molar-refractivity contribution in [3.8, 4) is 0 Å². The van der Waals surface area contributed by atoms with Gasteiger partial charge in [-0.15, -0.1) is 0 Å². The van der Waals surface area contributed by atoms with Gasteiger partial charge in [0.25, 0.3) is 5.91 Å². The third-order valence-electron chi connectivity index (χ3n) is 5.21. The van der Waals surface area contributed by atoms with Crippen molar-refractivity contribution in [2.45, 2.75) is 32.0 Å². The summed E-state index contributed by atoms with van der Waals surface area (Å²) in [4.78, 5) is 49.9. The summed E-state index contributed by atoms with van der Waals surface area (Å²) >= 11 is 0. The first-order valence-corrected chi connectivity index (χ1v) is 9.57. The van der Waals surface area contributed by atoms with Crippen LogP contribution in [0.15, 0.2) is 42.5 Å². The Hall–Kier alpha value is -3.88. The maximum absolute atomic E-state index is 12.8. The minimum absolute atomic E-state index is 0.217. The number of hydrogen-bond acceptors (Lipinski definition) is 5. The lowest BCUT2D eigenvalue weighted by molar-refractivity contribution is -0.136. The van der Waals surface area contributed by atoms with Crippen LogP contribution in [0.5, 0.6) is 0 Å². The van der Waals surface area contributed by atoms with Crippen LogP contribution in [0.25, 0.3) is 0 Å². The van der Waals surface area contributed by atoms with Gasteiger partial charge in [-0.3, -0.25) is 19.7 Å². The molecule has 0 aliphatic carbocycles. The number of benzene rings is 2. The minimum Gasteiger partial charge on any atom is -0.399 e. The number of anilines is 2. The number of piperidine rings is 1. The maximum Gasteiger partial charge on any atom is 0.319 e. The van der Waals surface area contributed by atoms with Gasteiger partial charge in [0.2, 0.25) is 11.8 Å². The highest BCUT2D eigenvalue weighted by Gasteiger charge is 2.39. The number of nitrogens with one attached hydrogen (secondary N) is 3.